The summed E-state index contributed by atoms with van der Waals surface area (Å²) in [6, 6.07) is 9.40. The molecule has 2 aromatic rings. The second-order valence-electron chi connectivity index (χ2n) is 4.49. The molecule has 0 fully saturated rings. The van der Waals surface area contributed by atoms with E-state index >= 15 is 0 Å². The van der Waals surface area contributed by atoms with Crippen LogP contribution in [0, 0.1) is 0 Å². The highest BCUT2D eigenvalue weighted by Crippen LogP contribution is 2.08. The first kappa shape index (κ1) is 14.1. The zero-order valence-corrected chi connectivity index (χ0v) is 11.7. The quantitative estimate of drug-likeness (QED) is 0.759. The van der Waals surface area contributed by atoms with Crippen molar-refractivity contribution in [3.05, 3.63) is 48.3 Å². The molecule has 0 aliphatic carbocycles. The molecule has 2 rings (SSSR count). The van der Waals surface area contributed by atoms with E-state index in [2.05, 4.69) is 15.7 Å². The van der Waals surface area contributed by atoms with Crippen molar-refractivity contribution in [2.24, 2.45) is 0 Å². The van der Waals surface area contributed by atoms with Crippen molar-refractivity contribution in [3.8, 4) is 0 Å². The highest BCUT2D eigenvalue weighted by Gasteiger charge is 2.04. The lowest BCUT2D eigenvalue weighted by Crippen LogP contribution is -2.25. The summed E-state index contributed by atoms with van der Waals surface area (Å²) in [5, 5.41) is 10.2. The van der Waals surface area contributed by atoms with Crippen molar-refractivity contribution < 1.29 is 4.79 Å². The fraction of sp³-hybridized carbons (Fsp3) is 0.333. The van der Waals surface area contributed by atoms with Crippen LogP contribution < -0.4 is 10.6 Å². The fourth-order valence-electron chi connectivity index (χ4n) is 1.92. The van der Waals surface area contributed by atoms with Crippen LogP contribution in [0.1, 0.15) is 23.7 Å². The number of hydrogen-bond acceptors (Lipinski definition) is 3. The zero-order valence-electron chi connectivity index (χ0n) is 11.7. The van der Waals surface area contributed by atoms with Gasteiger partial charge in [-0.15, -0.1) is 0 Å². The van der Waals surface area contributed by atoms with Crippen LogP contribution in [0.5, 0.6) is 0 Å². The van der Waals surface area contributed by atoms with Gasteiger partial charge in [0.2, 0.25) is 0 Å². The van der Waals surface area contributed by atoms with Gasteiger partial charge in [0.25, 0.3) is 5.91 Å². The van der Waals surface area contributed by atoms with Gasteiger partial charge in [-0.1, -0.05) is 0 Å². The molecule has 1 aromatic heterocycles. The number of benzene rings is 1. The molecule has 20 heavy (non-hydrogen) atoms. The number of hydrogen-bond donors (Lipinski definition) is 2. The minimum atomic E-state index is -0.0338. The first-order valence-electron chi connectivity index (χ1n) is 6.89. The van der Waals surface area contributed by atoms with Crippen LogP contribution >= 0.6 is 0 Å². The molecule has 0 unspecified atom stereocenters. The van der Waals surface area contributed by atoms with Crippen molar-refractivity contribution in [1.82, 2.24) is 15.1 Å². The second-order valence-corrected chi connectivity index (χ2v) is 4.49. The number of rotatable bonds is 7. The third-order valence-electron chi connectivity index (χ3n) is 2.94. The number of anilines is 1. The van der Waals surface area contributed by atoms with E-state index in [1.165, 1.54) is 0 Å². The molecule has 0 saturated heterocycles. The first-order chi connectivity index (χ1) is 9.79. The van der Waals surface area contributed by atoms with E-state index in [4.69, 9.17) is 0 Å². The van der Waals surface area contributed by atoms with Crippen LogP contribution in [0.4, 0.5) is 5.69 Å². The van der Waals surface area contributed by atoms with Gasteiger partial charge in [-0.2, -0.15) is 5.10 Å². The Kier molecular flexibility index (Phi) is 5.17. The Hall–Kier alpha value is -2.30. The Morgan fingerprint density at radius 1 is 1.30 bits per heavy atom. The average molecular weight is 272 g/mol. The third kappa shape index (κ3) is 4.12. The molecule has 0 aliphatic rings. The summed E-state index contributed by atoms with van der Waals surface area (Å²) in [5.41, 5.74) is 1.72. The lowest BCUT2D eigenvalue weighted by Gasteiger charge is -2.07. The first-order valence-corrected chi connectivity index (χ1v) is 6.89. The van der Waals surface area contributed by atoms with Crippen LogP contribution in [0.2, 0.25) is 0 Å². The predicted octanol–water partition coefficient (Wildman–Crippen LogP) is 2.13. The summed E-state index contributed by atoms with van der Waals surface area (Å²) in [5.74, 6) is -0.0338. The third-order valence-corrected chi connectivity index (χ3v) is 2.94. The summed E-state index contributed by atoms with van der Waals surface area (Å²) < 4.78 is 1.86. The van der Waals surface area contributed by atoms with Crippen molar-refractivity contribution in [2.45, 2.75) is 19.9 Å². The minimum absolute atomic E-state index is 0.0338. The number of aromatic nitrogens is 2. The van der Waals surface area contributed by atoms with E-state index in [1.807, 2.05) is 48.1 Å². The van der Waals surface area contributed by atoms with Crippen LogP contribution in [0.15, 0.2) is 42.7 Å². The lowest BCUT2D eigenvalue weighted by atomic mass is 10.2. The number of nitrogens with one attached hydrogen (secondary N) is 2. The Morgan fingerprint density at radius 2 is 2.10 bits per heavy atom. The Balaban J connectivity index is 1.73. The molecule has 0 atom stereocenters. The molecular formula is C15H20N4O. The van der Waals surface area contributed by atoms with Gasteiger partial charge in [0, 0.05) is 43.3 Å². The van der Waals surface area contributed by atoms with Crippen LogP contribution in [0.3, 0.4) is 0 Å². The molecule has 5 nitrogen and oxygen atoms in total. The van der Waals surface area contributed by atoms with E-state index in [1.54, 1.807) is 6.20 Å². The molecule has 1 amide bonds. The van der Waals surface area contributed by atoms with Gasteiger partial charge in [-0.05, 0) is 43.7 Å². The second kappa shape index (κ2) is 7.33. The Morgan fingerprint density at radius 3 is 2.75 bits per heavy atom. The number of nitrogens with zero attached hydrogens (tertiary/aromatic N) is 2. The normalized spacial score (nSPS) is 10.2. The van der Waals surface area contributed by atoms with Crippen LogP contribution in [0.25, 0.3) is 0 Å². The number of carbonyl (C=O) groups is 1. The van der Waals surface area contributed by atoms with E-state index < -0.39 is 0 Å². The smallest absolute Gasteiger partial charge is 0.251 e. The number of aryl methyl sites for hydroxylation is 1. The maximum Gasteiger partial charge on any atom is 0.251 e. The maximum atomic E-state index is 11.9. The SMILES string of the molecule is CCNc1ccc(C(=O)NCCCn2cccn2)cc1. The maximum absolute atomic E-state index is 11.9. The van der Waals surface area contributed by atoms with Crippen molar-refractivity contribution in [1.29, 1.82) is 0 Å². The molecular weight excluding hydrogens is 252 g/mol. The Bertz CT molecular complexity index is 519. The highest BCUT2D eigenvalue weighted by atomic mass is 16.1. The van der Waals surface area contributed by atoms with Crippen molar-refractivity contribution in [2.75, 3.05) is 18.4 Å². The molecule has 106 valence electrons. The summed E-state index contributed by atoms with van der Waals surface area (Å²) in [7, 11) is 0. The highest BCUT2D eigenvalue weighted by molar-refractivity contribution is 5.94. The Labute approximate surface area is 119 Å². The van der Waals surface area contributed by atoms with Gasteiger partial charge < -0.3 is 10.6 Å². The van der Waals surface area contributed by atoms with E-state index in [-0.39, 0.29) is 5.91 Å². The molecule has 0 radical (unpaired) electrons. The molecule has 1 aromatic carbocycles. The van der Waals surface area contributed by atoms with Crippen molar-refractivity contribution >= 4 is 11.6 Å². The van der Waals surface area contributed by atoms with Gasteiger partial charge in [-0.3, -0.25) is 9.48 Å². The molecule has 0 spiro atoms. The molecule has 0 bridgehead atoms. The lowest BCUT2D eigenvalue weighted by molar-refractivity contribution is 0.0952. The van der Waals surface area contributed by atoms with Crippen molar-refractivity contribution in [3.63, 3.8) is 0 Å². The van der Waals surface area contributed by atoms with E-state index in [0.29, 0.717) is 12.1 Å². The van der Waals surface area contributed by atoms with Gasteiger partial charge in [0.1, 0.15) is 0 Å². The molecule has 5 heteroatoms. The monoisotopic (exact) mass is 272 g/mol. The fourth-order valence-corrected chi connectivity index (χ4v) is 1.92. The largest absolute Gasteiger partial charge is 0.385 e. The van der Waals surface area contributed by atoms with E-state index in [9.17, 15) is 4.79 Å². The van der Waals surface area contributed by atoms with Gasteiger partial charge in [-0.25, -0.2) is 0 Å². The summed E-state index contributed by atoms with van der Waals surface area (Å²) in [4.78, 5) is 11.9. The molecule has 0 saturated carbocycles. The summed E-state index contributed by atoms with van der Waals surface area (Å²) in [6.45, 7) is 4.37. The van der Waals surface area contributed by atoms with Gasteiger partial charge in [0.05, 0.1) is 0 Å². The van der Waals surface area contributed by atoms with Crippen LogP contribution in [-0.2, 0) is 6.54 Å². The topological polar surface area (TPSA) is 59.0 Å². The van der Waals surface area contributed by atoms with Gasteiger partial charge in [0.15, 0.2) is 0 Å². The minimum Gasteiger partial charge on any atom is -0.385 e. The van der Waals surface area contributed by atoms with E-state index in [0.717, 1.165) is 25.2 Å². The average Bonchev–Trinajstić information content (AvgIpc) is 2.98. The molecule has 1 heterocycles. The number of amides is 1. The summed E-state index contributed by atoms with van der Waals surface area (Å²) in [6.07, 6.45) is 4.54. The van der Waals surface area contributed by atoms with Gasteiger partial charge >= 0.3 is 0 Å². The molecule has 0 aliphatic heterocycles. The summed E-state index contributed by atoms with van der Waals surface area (Å²) >= 11 is 0. The van der Waals surface area contributed by atoms with Crippen LogP contribution in [-0.4, -0.2) is 28.8 Å². The predicted molar refractivity (Wildman–Crippen MR) is 79.8 cm³/mol. The standard InChI is InChI=1S/C15H20N4O/c1-2-16-14-7-5-13(6-8-14)15(20)17-9-3-11-19-12-4-10-18-19/h4-8,10,12,16H,2-3,9,11H2,1H3,(H,17,20). The molecule has 2 N–H and O–H groups in total. The zero-order chi connectivity index (χ0) is 14.2. The number of carbonyl (C=O) groups excluding carboxylic acids is 1.